The second-order valence-corrected chi connectivity index (χ2v) is 7.55. The molecule has 0 radical (unpaired) electrons. The lowest BCUT2D eigenvalue weighted by atomic mass is 9.65. The lowest BCUT2D eigenvalue weighted by molar-refractivity contribution is -0.0645. The maximum absolute atomic E-state index is 12.2. The van der Waals surface area contributed by atoms with Gasteiger partial charge in [-0.15, -0.1) is 0 Å². The summed E-state index contributed by atoms with van der Waals surface area (Å²) in [5.74, 6) is 0. The van der Waals surface area contributed by atoms with Gasteiger partial charge in [0.1, 0.15) is 0 Å². The summed E-state index contributed by atoms with van der Waals surface area (Å²) in [5.41, 5.74) is 5.36. The van der Waals surface area contributed by atoms with Crippen molar-refractivity contribution in [1.29, 1.82) is 0 Å². The molecule has 0 bridgehead atoms. The van der Waals surface area contributed by atoms with Gasteiger partial charge in [-0.05, 0) is 24.6 Å². The van der Waals surface area contributed by atoms with Gasteiger partial charge in [0.15, 0.2) is 0 Å². The zero-order valence-corrected chi connectivity index (χ0v) is 12.3. The maximum Gasteiger partial charge on any atom is 0.240 e. The van der Waals surface area contributed by atoms with Crippen LogP contribution < -0.4 is 10.5 Å². The summed E-state index contributed by atoms with van der Waals surface area (Å²) in [6.07, 6.45) is -0.0783. The van der Waals surface area contributed by atoms with E-state index in [0.29, 0.717) is 11.4 Å². The number of anilines is 1. The highest BCUT2D eigenvalue weighted by molar-refractivity contribution is 7.89. The molecule has 1 fully saturated rings. The van der Waals surface area contributed by atoms with Gasteiger partial charge in [0, 0.05) is 11.5 Å². The average Bonchev–Trinajstić information content (AvgIpc) is 2.32. The molecule has 2 atom stereocenters. The molecule has 1 aromatic carbocycles. The van der Waals surface area contributed by atoms with E-state index in [2.05, 4.69) is 4.72 Å². The van der Waals surface area contributed by atoms with E-state index >= 15 is 0 Å². The molecule has 7 heteroatoms. The summed E-state index contributed by atoms with van der Waals surface area (Å²) in [5, 5.41) is 9.94. The van der Waals surface area contributed by atoms with Crippen LogP contribution in [0.4, 0.5) is 5.69 Å². The average molecular weight is 305 g/mol. The van der Waals surface area contributed by atoms with Gasteiger partial charge in [-0.1, -0.05) is 25.4 Å². The molecule has 106 valence electrons. The van der Waals surface area contributed by atoms with E-state index in [1.165, 1.54) is 18.2 Å². The number of nitrogens with one attached hydrogen (secondary N) is 1. The molecule has 0 amide bonds. The molecule has 2 unspecified atom stereocenters. The first kappa shape index (κ1) is 14.6. The Bertz CT molecular complexity index is 601. The summed E-state index contributed by atoms with van der Waals surface area (Å²) in [6.45, 7) is 3.65. The number of hydrogen-bond donors (Lipinski definition) is 3. The molecule has 1 aromatic rings. The van der Waals surface area contributed by atoms with Crippen LogP contribution in [-0.2, 0) is 10.0 Å². The van der Waals surface area contributed by atoms with Gasteiger partial charge in [-0.25, -0.2) is 13.1 Å². The van der Waals surface area contributed by atoms with Crippen LogP contribution in [0.25, 0.3) is 0 Å². The van der Waals surface area contributed by atoms with Crippen molar-refractivity contribution >= 4 is 27.3 Å². The topological polar surface area (TPSA) is 92.4 Å². The molecule has 0 aromatic heterocycles. The minimum atomic E-state index is -3.65. The Kier molecular flexibility index (Phi) is 3.55. The van der Waals surface area contributed by atoms with Crippen molar-refractivity contribution in [3.8, 4) is 0 Å². The number of hydrogen-bond acceptors (Lipinski definition) is 4. The maximum atomic E-state index is 12.2. The first-order chi connectivity index (χ1) is 8.64. The van der Waals surface area contributed by atoms with E-state index in [4.69, 9.17) is 17.3 Å². The number of nitrogen functional groups attached to an aromatic ring is 1. The third kappa shape index (κ3) is 2.58. The fourth-order valence-electron chi connectivity index (χ4n) is 2.05. The number of nitrogens with two attached hydrogens (primary N) is 1. The van der Waals surface area contributed by atoms with Crippen molar-refractivity contribution in [2.45, 2.75) is 37.3 Å². The van der Waals surface area contributed by atoms with Crippen molar-refractivity contribution in [2.75, 3.05) is 5.73 Å². The Morgan fingerprint density at radius 3 is 2.58 bits per heavy atom. The third-order valence-electron chi connectivity index (χ3n) is 3.79. The predicted molar refractivity (Wildman–Crippen MR) is 74.4 cm³/mol. The number of aliphatic hydroxyl groups excluding tert-OH is 1. The smallest absolute Gasteiger partial charge is 0.240 e. The van der Waals surface area contributed by atoms with Crippen molar-refractivity contribution in [3.05, 3.63) is 23.2 Å². The van der Waals surface area contributed by atoms with Crippen LogP contribution in [0.1, 0.15) is 20.3 Å². The van der Waals surface area contributed by atoms with Gasteiger partial charge in [0.2, 0.25) is 10.0 Å². The molecule has 0 spiro atoms. The van der Waals surface area contributed by atoms with Crippen molar-refractivity contribution in [3.63, 3.8) is 0 Å². The van der Waals surface area contributed by atoms with Gasteiger partial charge in [-0.2, -0.15) is 0 Å². The van der Waals surface area contributed by atoms with Crippen molar-refractivity contribution < 1.29 is 13.5 Å². The number of halogens is 1. The van der Waals surface area contributed by atoms with E-state index in [9.17, 15) is 13.5 Å². The van der Waals surface area contributed by atoms with Gasteiger partial charge in [0.25, 0.3) is 0 Å². The minimum Gasteiger partial charge on any atom is -0.397 e. The SMILES string of the molecule is CC1(C)C(O)CC1NS(=O)(=O)c1ccc(Cl)c(N)c1. The largest absolute Gasteiger partial charge is 0.397 e. The quantitative estimate of drug-likeness (QED) is 0.735. The van der Waals surface area contributed by atoms with Gasteiger partial charge < -0.3 is 10.8 Å². The number of rotatable bonds is 3. The first-order valence-corrected chi connectivity index (χ1v) is 7.76. The highest BCUT2D eigenvalue weighted by Crippen LogP contribution is 2.41. The summed E-state index contributed by atoms with van der Waals surface area (Å²) in [6, 6.07) is 3.90. The van der Waals surface area contributed by atoms with E-state index < -0.39 is 21.5 Å². The third-order valence-corrected chi connectivity index (χ3v) is 5.60. The molecule has 19 heavy (non-hydrogen) atoms. The van der Waals surface area contributed by atoms with E-state index in [-0.39, 0.29) is 16.6 Å². The predicted octanol–water partition coefficient (Wildman–Crippen LogP) is 1.36. The Morgan fingerprint density at radius 2 is 2.11 bits per heavy atom. The molecule has 0 aliphatic heterocycles. The zero-order chi connectivity index (χ0) is 14.4. The van der Waals surface area contributed by atoms with E-state index in [1.807, 2.05) is 13.8 Å². The van der Waals surface area contributed by atoms with Crippen molar-refractivity contribution in [1.82, 2.24) is 4.72 Å². The van der Waals surface area contributed by atoms with Crippen LogP contribution in [0, 0.1) is 5.41 Å². The van der Waals surface area contributed by atoms with Gasteiger partial charge in [0.05, 0.1) is 21.7 Å². The molecule has 0 saturated heterocycles. The summed E-state index contributed by atoms with van der Waals surface area (Å²) in [7, 11) is -3.65. The van der Waals surface area contributed by atoms with Gasteiger partial charge in [-0.3, -0.25) is 0 Å². The highest BCUT2D eigenvalue weighted by Gasteiger charge is 2.48. The number of benzene rings is 1. The lowest BCUT2D eigenvalue weighted by Gasteiger charge is -2.49. The summed E-state index contributed by atoms with van der Waals surface area (Å²) < 4.78 is 27.0. The standard InChI is InChI=1S/C12H17ClN2O3S/c1-12(2)10(6-11(12)16)15-19(17,18)7-3-4-8(13)9(14)5-7/h3-5,10-11,15-16H,6,14H2,1-2H3. The Morgan fingerprint density at radius 1 is 1.47 bits per heavy atom. The van der Waals surface area contributed by atoms with Crippen LogP contribution in [0.3, 0.4) is 0 Å². The molecule has 1 aliphatic rings. The number of sulfonamides is 1. The monoisotopic (exact) mass is 304 g/mol. The minimum absolute atomic E-state index is 0.0755. The first-order valence-electron chi connectivity index (χ1n) is 5.90. The van der Waals surface area contributed by atoms with Crippen LogP contribution in [0.2, 0.25) is 5.02 Å². The Labute approximate surface area is 117 Å². The molecule has 1 aliphatic carbocycles. The molecular formula is C12H17ClN2O3S. The van der Waals surface area contributed by atoms with Crippen LogP contribution >= 0.6 is 11.6 Å². The van der Waals surface area contributed by atoms with Crippen LogP contribution in [-0.4, -0.2) is 25.7 Å². The molecule has 1 saturated carbocycles. The molecule has 0 heterocycles. The molecule has 2 rings (SSSR count). The zero-order valence-electron chi connectivity index (χ0n) is 10.7. The second kappa shape index (κ2) is 4.63. The summed E-state index contributed by atoms with van der Waals surface area (Å²) in [4.78, 5) is 0.0755. The second-order valence-electron chi connectivity index (χ2n) is 5.43. The van der Waals surface area contributed by atoms with E-state index in [1.54, 1.807) is 0 Å². The molecular weight excluding hydrogens is 288 g/mol. The molecule has 5 nitrogen and oxygen atoms in total. The van der Waals surface area contributed by atoms with Crippen LogP contribution in [0.5, 0.6) is 0 Å². The van der Waals surface area contributed by atoms with Crippen molar-refractivity contribution in [2.24, 2.45) is 5.41 Å². The fourth-order valence-corrected chi connectivity index (χ4v) is 3.60. The highest BCUT2D eigenvalue weighted by atomic mass is 35.5. The lowest BCUT2D eigenvalue weighted by Crippen LogP contribution is -2.61. The summed E-state index contributed by atoms with van der Waals surface area (Å²) >= 11 is 5.77. The Hall–Kier alpha value is -0.820. The Balaban J connectivity index is 2.22. The normalized spacial score (nSPS) is 25.9. The van der Waals surface area contributed by atoms with Crippen LogP contribution in [0.15, 0.2) is 23.1 Å². The van der Waals surface area contributed by atoms with E-state index in [0.717, 1.165) is 0 Å². The van der Waals surface area contributed by atoms with Gasteiger partial charge >= 0.3 is 0 Å². The molecule has 4 N–H and O–H groups in total. The fraction of sp³-hybridized carbons (Fsp3) is 0.500. The number of aliphatic hydroxyl groups is 1.